The lowest BCUT2D eigenvalue weighted by atomic mass is 10.0. The molecule has 2 atom stereocenters. The van der Waals surface area contributed by atoms with Crippen LogP contribution in [-0.4, -0.2) is 57.9 Å². The van der Waals surface area contributed by atoms with Crippen LogP contribution < -0.4 is 15.9 Å². The third-order valence-corrected chi connectivity index (χ3v) is 6.59. The van der Waals surface area contributed by atoms with Crippen molar-refractivity contribution < 1.29 is 4.79 Å². The van der Waals surface area contributed by atoms with Crippen LogP contribution in [-0.2, 0) is 4.79 Å². The molecule has 2 unspecified atom stereocenters. The fraction of sp³-hybridized carbons (Fsp3) is 0.423. The van der Waals surface area contributed by atoms with Gasteiger partial charge in [-0.15, -0.1) is 0 Å². The van der Waals surface area contributed by atoms with Gasteiger partial charge in [-0.25, -0.2) is 14.0 Å². The summed E-state index contributed by atoms with van der Waals surface area (Å²) in [5.41, 5.74) is 2.82. The number of amides is 1. The lowest BCUT2D eigenvalue weighted by Gasteiger charge is -2.39. The van der Waals surface area contributed by atoms with Crippen LogP contribution in [0.2, 0.25) is 0 Å². The molecule has 3 aromatic rings. The minimum Gasteiger partial charge on any atom is -0.369 e. The van der Waals surface area contributed by atoms with E-state index in [2.05, 4.69) is 32.3 Å². The second-order valence-corrected chi connectivity index (χ2v) is 8.73. The molecule has 2 aromatic carbocycles. The first-order valence-corrected chi connectivity index (χ1v) is 12.1. The van der Waals surface area contributed by atoms with Crippen LogP contribution in [0, 0.1) is 0 Å². The highest BCUT2D eigenvalue weighted by molar-refractivity contribution is 5.83. The monoisotopic (exact) mass is 462 g/mol. The summed E-state index contributed by atoms with van der Waals surface area (Å²) in [5, 5.41) is 7.26. The van der Waals surface area contributed by atoms with Gasteiger partial charge < -0.3 is 10.2 Å². The zero-order chi connectivity index (χ0) is 24.1. The molecule has 1 aliphatic rings. The molecule has 0 saturated carbocycles. The summed E-state index contributed by atoms with van der Waals surface area (Å²) >= 11 is 0. The predicted octanol–water partition coefficient (Wildman–Crippen LogP) is 3.00. The minimum atomic E-state index is -0.278. The number of likely N-dealkylation sites (N-methyl/N-ethyl adjacent to an activating group) is 1. The van der Waals surface area contributed by atoms with Gasteiger partial charge >= 0.3 is 5.69 Å². The summed E-state index contributed by atoms with van der Waals surface area (Å²) in [6, 6.07) is 17.8. The number of nitrogens with zero attached hydrogens (tertiary/aromatic N) is 5. The maximum atomic E-state index is 12.9. The highest BCUT2D eigenvalue weighted by Crippen LogP contribution is 2.25. The van der Waals surface area contributed by atoms with Crippen molar-refractivity contribution in [2.45, 2.75) is 39.3 Å². The maximum Gasteiger partial charge on any atom is 0.350 e. The van der Waals surface area contributed by atoms with E-state index in [4.69, 9.17) is 0 Å². The van der Waals surface area contributed by atoms with E-state index in [1.165, 1.54) is 4.68 Å². The molecule has 2 heterocycles. The number of hydrogen-bond donors (Lipinski definition) is 1. The van der Waals surface area contributed by atoms with Crippen molar-refractivity contribution in [2.75, 3.05) is 37.6 Å². The Kier molecular flexibility index (Phi) is 7.47. The maximum absolute atomic E-state index is 12.9. The first-order chi connectivity index (χ1) is 16.5. The van der Waals surface area contributed by atoms with Crippen LogP contribution in [0.1, 0.15) is 44.8 Å². The van der Waals surface area contributed by atoms with Crippen molar-refractivity contribution in [2.24, 2.45) is 0 Å². The first kappa shape index (κ1) is 23.8. The van der Waals surface area contributed by atoms with Crippen LogP contribution in [0.25, 0.3) is 5.69 Å². The van der Waals surface area contributed by atoms with Crippen molar-refractivity contribution in [3.63, 3.8) is 0 Å². The van der Waals surface area contributed by atoms with Crippen molar-refractivity contribution in [3.8, 4) is 5.69 Å². The Morgan fingerprint density at radius 1 is 0.971 bits per heavy atom. The van der Waals surface area contributed by atoms with E-state index in [1.807, 2.05) is 63.2 Å². The lowest BCUT2D eigenvalue weighted by molar-refractivity contribution is -0.126. The molecule has 34 heavy (non-hydrogen) atoms. The highest BCUT2D eigenvalue weighted by Gasteiger charge is 2.30. The Balaban J connectivity index is 1.44. The molecule has 1 N–H and O–H groups in total. The van der Waals surface area contributed by atoms with Gasteiger partial charge in [-0.1, -0.05) is 37.3 Å². The minimum absolute atomic E-state index is 0.0508. The fourth-order valence-electron chi connectivity index (χ4n) is 4.47. The topological polar surface area (TPSA) is 75.4 Å². The fourth-order valence-corrected chi connectivity index (χ4v) is 4.47. The van der Waals surface area contributed by atoms with Crippen LogP contribution >= 0.6 is 0 Å². The number of benzene rings is 2. The van der Waals surface area contributed by atoms with Crippen molar-refractivity contribution in [3.05, 3.63) is 77.0 Å². The SMILES string of the molecule is CCNC(=O)C(c1ccccc1)N1CCN(c2ccc(-n3cnn(C(C)CC)c3=O)cc2)CC1. The molecule has 0 aliphatic carbocycles. The number of piperazine rings is 1. The van der Waals surface area contributed by atoms with Gasteiger partial charge in [0.15, 0.2) is 0 Å². The molecule has 1 aromatic heterocycles. The molecule has 8 nitrogen and oxygen atoms in total. The molecule has 0 bridgehead atoms. The summed E-state index contributed by atoms with van der Waals surface area (Å²) in [6.45, 7) is 9.85. The Bertz CT molecular complexity index is 1130. The number of anilines is 1. The zero-order valence-electron chi connectivity index (χ0n) is 20.2. The number of carbonyl (C=O) groups excluding carboxylic acids is 1. The Hall–Kier alpha value is -3.39. The summed E-state index contributed by atoms with van der Waals surface area (Å²) in [7, 11) is 0. The molecular weight excluding hydrogens is 428 g/mol. The second kappa shape index (κ2) is 10.7. The number of rotatable bonds is 8. The Morgan fingerprint density at radius 3 is 2.24 bits per heavy atom. The van der Waals surface area contributed by atoms with Crippen molar-refractivity contribution in [1.82, 2.24) is 24.6 Å². The van der Waals surface area contributed by atoms with E-state index in [0.29, 0.717) is 6.54 Å². The van der Waals surface area contributed by atoms with Gasteiger partial charge in [-0.2, -0.15) is 5.10 Å². The quantitative estimate of drug-likeness (QED) is 0.557. The summed E-state index contributed by atoms with van der Waals surface area (Å²) in [5.74, 6) is 0.0508. The molecule has 4 rings (SSSR count). The predicted molar refractivity (Wildman–Crippen MR) is 134 cm³/mol. The van der Waals surface area contributed by atoms with Gasteiger partial charge in [0.1, 0.15) is 12.4 Å². The van der Waals surface area contributed by atoms with Gasteiger partial charge in [0, 0.05) is 38.4 Å². The highest BCUT2D eigenvalue weighted by atomic mass is 16.2. The standard InChI is InChI=1S/C26H34N6O2/c1-4-20(3)32-26(34)31(19-28-32)23-13-11-22(12-14-23)29-15-17-30(18-16-29)24(25(33)27-5-2)21-9-7-6-8-10-21/h6-14,19-20,24H,4-5,15-18H2,1-3H3,(H,27,33). The second-order valence-electron chi connectivity index (χ2n) is 8.73. The summed E-state index contributed by atoms with van der Waals surface area (Å²) in [4.78, 5) is 30.1. The lowest BCUT2D eigenvalue weighted by Crippen LogP contribution is -2.51. The van der Waals surface area contributed by atoms with E-state index in [9.17, 15) is 9.59 Å². The van der Waals surface area contributed by atoms with Crippen LogP contribution in [0.15, 0.2) is 65.7 Å². The van der Waals surface area contributed by atoms with Gasteiger partial charge in [-0.3, -0.25) is 9.69 Å². The Labute approximate surface area is 200 Å². The third kappa shape index (κ3) is 4.92. The van der Waals surface area contributed by atoms with Crippen molar-refractivity contribution >= 4 is 11.6 Å². The van der Waals surface area contributed by atoms with Gasteiger partial charge in [-0.05, 0) is 50.1 Å². The molecule has 1 saturated heterocycles. The summed E-state index contributed by atoms with van der Waals surface area (Å²) in [6.07, 6.45) is 2.44. The van der Waals surface area contributed by atoms with Gasteiger partial charge in [0.05, 0.1) is 11.7 Å². The molecule has 0 radical (unpaired) electrons. The molecule has 180 valence electrons. The number of hydrogen-bond acceptors (Lipinski definition) is 5. The number of aromatic nitrogens is 3. The van der Waals surface area contributed by atoms with E-state index in [1.54, 1.807) is 10.9 Å². The summed E-state index contributed by atoms with van der Waals surface area (Å²) < 4.78 is 3.12. The molecule has 1 aliphatic heterocycles. The molecule has 8 heteroatoms. The van der Waals surface area contributed by atoms with Gasteiger partial charge in [0.25, 0.3) is 0 Å². The third-order valence-electron chi connectivity index (χ3n) is 6.59. The average Bonchev–Trinajstić information content (AvgIpc) is 3.26. The van der Waals surface area contributed by atoms with Crippen LogP contribution in [0.5, 0.6) is 0 Å². The molecule has 1 fully saturated rings. The molecule has 0 spiro atoms. The van der Waals surface area contributed by atoms with Crippen molar-refractivity contribution in [1.29, 1.82) is 0 Å². The smallest absolute Gasteiger partial charge is 0.350 e. The molecular formula is C26H34N6O2. The van der Waals surface area contributed by atoms with Crippen LogP contribution in [0.4, 0.5) is 5.69 Å². The largest absolute Gasteiger partial charge is 0.369 e. The number of carbonyl (C=O) groups is 1. The Morgan fingerprint density at radius 2 is 1.62 bits per heavy atom. The average molecular weight is 463 g/mol. The normalized spacial score (nSPS) is 16.3. The van der Waals surface area contributed by atoms with E-state index >= 15 is 0 Å². The van der Waals surface area contributed by atoms with Gasteiger partial charge in [0.2, 0.25) is 5.91 Å². The van der Waals surface area contributed by atoms with E-state index in [0.717, 1.165) is 49.5 Å². The van der Waals surface area contributed by atoms with Crippen LogP contribution in [0.3, 0.4) is 0 Å². The first-order valence-electron chi connectivity index (χ1n) is 12.1. The zero-order valence-corrected chi connectivity index (χ0v) is 20.2. The van der Waals surface area contributed by atoms with E-state index in [-0.39, 0.29) is 23.7 Å². The molecule has 1 amide bonds. The van der Waals surface area contributed by atoms with E-state index < -0.39 is 0 Å². The number of nitrogens with one attached hydrogen (secondary N) is 1.